The molecule has 148 valence electrons. The van der Waals surface area contributed by atoms with Crippen LogP contribution in [0.3, 0.4) is 0 Å². The second kappa shape index (κ2) is 7.79. The Kier molecular flexibility index (Phi) is 5.03. The number of fused-ring (bicyclic) bond motifs is 1. The molecule has 0 aliphatic carbocycles. The van der Waals surface area contributed by atoms with Crippen molar-refractivity contribution in [3.8, 4) is 34.3 Å². The summed E-state index contributed by atoms with van der Waals surface area (Å²) < 4.78 is 21.6. The van der Waals surface area contributed by atoms with Gasteiger partial charge in [0.1, 0.15) is 0 Å². The molecule has 0 N–H and O–H groups in total. The van der Waals surface area contributed by atoms with Gasteiger partial charge in [0.15, 0.2) is 11.5 Å². The summed E-state index contributed by atoms with van der Waals surface area (Å²) in [4.78, 5) is 13.6. The third-order valence-corrected chi connectivity index (χ3v) is 4.85. The Hall–Kier alpha value is -3.61. The van der Waals surface area contributed by atoms with Crippen molar-refractivity contribution in [2.24, 2.45) is 4.99 Å². The van der Waals surface area contributed by atoms with Crippen LogP contribution in [0.5, 0.6) is 23.1 Å². The van der Waals surface area contributed by atoms with Gasteiger partial charge in [0.25, 0.3) is 0 Å². The number of hydrogen-bond donors (Lipinski definition) is 0. The van der Waals surface area contributed by atoms with Gasteiger partial charge in [-0.1, -0.05) is 0 Å². The second-order valence-corrected chi connectivity index (χ2v) is 6.35. The smallest absolute Gasteiger partial charge is 0.212 e. The van der Waals surface area contributed by atoms with E-state index in [0.29, 0.717) is 29.7 Å². The van der Waals surface area contributed by atoms with Gasteiger partial charge < -0.3 is 18.9 Å². The first kappa shape index (κ1) is 18.7. The summed E-state index contributed by atoms with van der Waals surface area (Å²) in [6, 6.07) is 9.60. The lowest BCUT2D eigenvalue weighted by atomic mass is 9.94. The van der Waals surface area contributed by atoms with E-state index in [1.165, 1.54) is 0 Å². The molecule has 0 spiro atoms. The number of ether oxygens (including phenoxy) is 4. The fourth-order valence-corrected chi connectivity index (χ4v) is 3.48. The van der Waals surface area contributed by atoms with Gasteiger partial charge in [0.05, 0.1) is 46.4 Å². The molecule has 2 aromatic heterocycles. The Labute approximate surface area is 169 Å². The van der Waals surface area contributed by atoms with E-state index in [-0.39, 0.29) is 0 Å². The van der Waals surface area contributed by atoms with Gasteiger partial charge in [0, 0.05) is 35.2 Å². The lowest BCUT2D eigenvalue weighted by molar-refractivity contribution is 0.324. The number of nitrogens with zero attached hydrogens (tertiary/aromatic N) is 3. The third-order valence-electron chi connectivity index (χ3n) is 4.85. The summed E-state index contributed by atoms with van der Waals surface area (Å²) in [6.45, 7) is 0.513. The minimum Gasteiger partial charge on any atom is -0.493 e. The summed E-state index contributed by atoms with van der Waals surface area (Å²) in [5.74, 6) is 2.27. The van der Waals surface area contributed by atoms with Gasteiger partial charge in [-0.15, -0.1) is 0 Å². The number of aromatic nitrogens is 2. The van der Waals surface area contributed by atoms with Crippen LogP contribution >= 0.6 is 0 Å². The van der Waals surface area contributed by atoms with Crippen LogP contribution in [-0.4, -0.2) is 44.1 Å². The van der Waals surface area contributed by atoms with Crippen molar-refractivity contribution in [2.75, 3.05) is 28.4 Å². The van der Waals surface area contributed by atoms with E-state index in [0.717, 1.165) is 33.7 Å². The number of rotatable bonds is 6. The van der Waals surface area contributed by atoms with E-state index in [1.807, 2.05) is 30.3 Å². The normalized spacial score (nSPS) is 12.2. The quantitative estimate of drug-likeness (QED) is 0.640. The molecule has 0 saturated heterocycles. The number of hydrogen-bond acceptors (Lipinski definition) is 7. The van der Waals surface area contributed by atoms with Gasteiger partial charge in [-0.2, -0.15) is 0 Å². The van der Waals surface area contributed by atoms with Crippen LogP contribution in [0.15, 0.2) is 47.7 Å². The fraction of sp³-hybridized carbons (Fsp3) is 0.227. The summed E-state index contributed by atoms with van der Waals surface area (Å²) in [5.41, 5.74) is 5.57. The standard InChI is InChI=1S/C22H21N3O4/c1-26-17-9-14(10-18(27-2)22(17)29-4)21-20-15(7-8-23-16(20)12-25-21)13-5-6-19(28-3)24-11-13/h5-11H,12H2,1-4H3. The van der Waals surface area contributed by atoms with Crippen molar-refractivity contribution < 1.29 is 18.9 Å². The molecule has 29 heavy (non-hydrogen) atoms. The number of pyridine rings is 2. The zero-order valence-electron chi connectivity index (χ0n) is 16.7. The molecule has 7 nitrogen and oxygen atoms in total. The first-order chi connectivity index (χ1) is 14.2. The van der Waals surface area contributed by atoms with Gasteiger partial charge in [0.2, 0.25) is 11.6 Å². The molecule has 0 amide bonds. The predicted molar refractivity (Wildman–Crippen MR) is 109 cm³/mol. The summed E-state index contributed by atoms with van der Waals surface area (Å²) in [7, 11) is 6.38. The van der Waals surface area contributed by atoms with Crippen molar-refractivity contribution in [1.82, 2.24) is 9.97 Å². The van der Waals surface area contributed by atoms with Crippen molar-refractivity contribution in [3.05, 3.63) is 59.5 Å². The van der Waals surface area contributed by atoms with E-state index in [4.69, 9.17) is 23.9 Å². The molecule has 0 bridgehead atoms. The van der Waals surface area contributed by atoms with Crippen LogP contribution in [-0.2, 0) is 6.54 Å². The third kappa shape index (κ3) is 3.24. The van der Waals surface area contributed by atoms with E-state index in [9.17, 15) is 0 Å². The molecule has 0 fully saturated rings. The van der Waals surface area contributed by atoms with Crippen LogP contribution in [0.4, 0.5) is 0 Å². The van der Waals surface area contributed by atoms with E-state index >= 15 is 0 Å². The van der Waals surface area contributed by atoms with Gasteiger partial charge in [-0.3, -0.25) is 9.98 Å². The average Bonchev–Trinajstić information content (AvgIpc) is 3.22. The first-order valence-corrected chi connectivity index (χ1v) is 9.03. The topological polar surface area (TPSA) is 75.1 Å². The van der Waals surface area contributed by atoms with Crippen LogP contribution in [0, 0.1) is 0 Å². The molecule has 4 rings (SSSR count). The monoisotopic (exact) mass is 391 g/mol. The fourth-order valence-electron chi connectivity index (χ4n) is 3.48. The highest BCUT2D eigenvalue weighted by molar-refractivity contribution is 6.18. The minimum absolute atomic E-state index is 0.513. The van der Waals surface area contributed by atoms with E-state index in [2.05, 4.69) is 9.97 Å². The maximum Gasteiger partial charge on any atom is 0.212 e. The Morgan fingerprint density at radius 1 is 0.793 bits per heavy atom. The second-order valence-electron chi connectivity index (χ2n) is 6.35. The van der Waals surface area contributed by atoms with Crippen molar-refractivity contribution in [3.63, 3.8) is 0 Å². The van der Waals surface area contributed by atoms with Gasteiger partial charge >= 0.3 is 0 Å². The largest absolute Gasteiger partial charge is 0.493 e. The summed E-state index contributed by atoms with van der Waals surface area (Å²) >= 11 is 0. The molecule has 7 heteroatoms. The molecule has 1 aliphatic heterocycles. The highest BCUT2D eigenvalue weighted by Gasteiger charge is 2.25. The molecular weight excluding hydrogens is 370 g/mol. The molecule has 3 aromatic rings. The maximum absolute atomic E-state index is 5.51. The highest BCUT2D eigenvalue weighted by atomic mass is 16.5. The number of methoxy groups -OCH3 is 4. The van der Waals surface area contributed by atoms with Crippen molar-refractivity contribution in [1.29, 1.82) is 0 Å². The highest BCUT2D eigenvalue weighted by Crippen LogP contribution is 2.40. The molecular formula is C22H21N3O4. The molecule has 0 saturated carbocycles. The van der Waals surface area contributed by atoms with Gasteiger partial charge in [-0.25, -0.2) is 4.98 Å². The Balaban J connectivity index is 1.85. The van der Waals surface area contributed by atoms with Crippen LogP contribution in [0.1, 0.15) is 16.8 Å². The summed E-state index contributed by atoms with van der Waals surface area (Å²) in [5, 5.41) is 0. The average molecular weight is 391 g/mol. The number of aliphatic imine (C=N–C) groups is 1. The van der Waals surface area contributed by atoms with Crippen molar-refractivity contribution >= 4 is 5.71 Å². The molecule has 0 atom stereocenters. The van der Waals surface area contributed by atoms with Crippen LogP contribution in [0.2, 0.25) is 0 Å². The Morgan fingerprint density at radius 3 is 2.14 bits per heavy atom. The molecule has 1 aromatic carbocycles. The van der Waals surface area contributed by atoms with Crippen LogP contribution < -0.4 is 18.9 Å². The van der Waals surface area contributed by atoms with E-state index in [1.54, 1.807) is 40.8 Å². The Bertz CT molecular complexity index is 1050. The SMILES string of the molecule is COc1ccc(-c2ccnc3c2C(c2cc(OC)c(OC)c(OC)c2)=NC3)cn1. The number of benzene rings is 1. The maximum atomic E-state index is 5.51. The van der Waals surface area contributed by atoms with Crippen molar-refractivity contribution in [2.45, 2.75) is 6.54 Å². The molecule has 1 aliphatic rings. The Morgan fingerprint density at radius 2 is 1.55 bits per heavy atom. The molecule has 0 radical (unpaired) electrons. The minimum atomic E-state index is 0.513. The zero-order valence-corrected chi connectivity index (χ0v) is 16.7. The summed E-state index contributed by atoms with van der Waals surface area (Å²) in [6.07, 6.45) is 3.59. The predicted octanol–water partition coefficient (Wildman–Crippen LogP) is 3.53. The lowest BCUT2D eigenvalue weighted by Crippen LogP contribution is -2.06. The van der Waals surface area contributed by atoms with Gasteiger partial charge in [-0.05, 0) is 29.8 Å². The van der Waals surface area contributed by atoms with E-state index < -0.39 is 0 Å². The molecule has 3 heterocycles. The lowest BCUT2D eigenvalue weighted by Gasteiger charge is -2.16. The zero-order chi connectivity index (χ0) is 20.4. The molecule has 0 unspecified atom stereocenters. The van der Waals surface area contributed by atoms with Crippen LogP contribution in [0.25, 0.3) is 11.1 Å². The first-order valence-electron chi connectivity index (χ1n) is 9.03.